The van der Waals surface area contributed by atoms with Crippen molar-refractivity contribution in [1.82, 2.24) is 19.9 Å². The average molecular weight is 603 g/mol. The zero-order chi connectivity index (χ0) is 31.2. The van der Waals surface area contributed by atoms with Crippen LogP contribution >= 0.6 is 0 Å². The second-order valence-corrected chi connectivity index (χ2v) is 11.5. The van der Waals surface area contributed by atoms with Crippen molar-refractivity contribution in [2.75, 3.05) is 0 Å². The molecule has 0 unspecified atom stereocenters. The predicted octanol–water partition coefficient (Wildman–Crippen LogP) is 10.7. The van der Waals surface area contributed by atoms with Crippen LogP contribution in [0, 0.1) is 0 Å². The highest BCUT2D eigenvalue weighted by Crippen LogP contribution is 2.40. The van der Waals surface area contributed by atoms with Gasteiger partial charge in [0.2, 0.25) is 0 Å². The fraction of sp³-hybridized carbons (Fsp3) is 0. The zero-order valence-electron chi connectivity index (χ0n) is 25.2. The molecule has 9 rings (SSSR count). The third-order valence-corrected chi connectivity index (χ3v) is 8.57. The third-order valence-electron chi connectivity index (χ3n) is 8.57. The predicted molar refractivity (Wildman–Crippen MR) is 190 cm³/mol. The number of aromatic nitrogens is 4. The zero-order valence-corrected chi connectivity index (χ0v) is 25.2. The van der Waals surface area contributed by atoms with E-state index in [2.05, 4.69) is 88.8 Å². The van der Waals surface area contributed by atoms with E-state index in [4.69, 9.17) is 14.4 Å². The molecule has 5 aromatic heterocycles. The first kappa shape index (κ1) is 26.9. The summed E-state index contributed by atoms with van der Waals surface area (Å²) in [6.07, 6.45) is 3.59. The Morgan fingerprint density at radius 1 is 0.404 bits per heavy atom. The lowest BCUT2D eigenvalue weighted by Crippen LogP contribution is -1.94. The minimum atomic E-state index is 0.800. The lowest BCUT2D eigenvalue weighted by Gasteiger charge is -2.12. The summed E-state index contributed by atoms with van der Waals surface area (Å²) in [6, 6.07) is 49.6. The molecular formula is C42H26N4O. The van der Waals surface area contributed by atoms with Crippen LogP contribution < -0.4 is 0 Å². The number of hydrogen-bond donors (Lipinski definition) is 0. The van der Waals surface area contributed by atoms with Gasteiger partial charge in [0.25, 0.3) is 0 Å². The van der Waals surface area contributed by atoms with E-state index >= 15 is 0 Å². The number of hydrogen-bond acceptors (Lipinski definition) is 5. The Labute approximate surface area is 270 Å². The second-order valence-electron chi connectivity index (χ2n) is 11.5. The van der Waals surface area contributed by atoms with Crippen molar-refractivity contribution in [3.05, 3.63) is 158 Å². The first-order valence-electron chi connectivity index (χ1n) is 15.5. The normalized spacial score (nSPS) is 11.4. The van der Waals surface area contributed by atoms with Gasteiger partial charge in [0, 0.05) is 34.1 Å². The van der Waals surface area contributed by atoms with E-state index in [0.29, 0.717) is 0 Å². The Balaban J connectivity index is 1.21. The summed E-state index contributed by atoms with van der Waals surface area (Å²) in [4.78, 5) is 19.3. The van der Waals surface area contributed by atoms with Gasteiger partial charge in [-0.3, -0.25) is 9.97 Å². The molecule has 47 heavy (non-hydrogen) atoms. The maximum atomic E-state index is 6.49. The molecule has 220 valence electrons. The van der Waals surface area contributed by atoms with Crippen molar-refractivity contribution < 1.29 is 4.42 Å². The fourth-order valence-corrected chi connectivity index (χ4v) is 6.32. The molecule has 0 N–H and O–H groups in total. The van der Waals surface area contributed by atoms with E-state index < -0.39 is 0 Å². The van der Waals surface area contributed by atoms with Gasteiger partial charge in [0.05, 0.1) is 28.3 Å². The fourth-order valence-electron chi connectivity index (χ4n) is 6.32. The molecule has 0 atom stereocenters. The molecule has 0 fully saturated rings. The molecule has 0 saturated heterocycles. The summed E-state index contributed by atoms with van der Waals surface area (Å²) in [6.45, 7) is 0. The number of fused-ring (bicyclic) bond motifs is 5. The van der Waals surface area contributed by atoms with Gasteiger partial charge >= 0.3 is 0 Å². The van der Waals surface area contributed by atoms with Crippen LogP contribution in [0.5, 0.6) is 0 Å². The SMILES string of the molecule is c1ccc(-c2nc3ccc(-c4cccc(-c5cc(-c6ccccn6)nc(-c6ccccn6)c5)c4)cc3c3c2oc2ccccc23)cc1. The van der Waals surface area contributed by atoms with Gasteiger partial charge in [0.1, 0.15) is 11.3 Å². The Bertz CT molecular complexity index is 2500. The maximum absolute atomic E-state index is 6.49. The van der Waals surface area contributed by atoms with E-state index in [1.165, 1.54) is 0 Å². The van der Waals surface area contributed by atoms with Gasteiger partial charge in [-0.15, -0.1) is 0 Å². The molecular weight excluding hydrogens is 576 g/mol. The third kappa shape index (κ3) is 4.82. The van der Waals surface area contributed by atoms with Crippen molar-refractivity contribution in [1.29, 1.82) is 0 Å². The molecule has 0 bridgehead atoms. The average Bonchev–Trinajstić information content (AvgIpc) is 3.55. The Kier molecular flexibility index (Phi) is 6.39. The summed E-state index contributed by atoms with van der Waals surface area (Å²) in [7, 11) is 0. The molecule has 0 amide bonds. The largest absolute Gasteiger partial charge is 0.454 e. The van der Waals surface area contributed by atoms with Crippen LogP contribution in [-0.2, 0) is 0 Å². The highest BCUT2D eigenvalue weighted by atomic mass is 16.3. The van der Waals surface area contributed by atoms with Crippen LogP contribution in [0.4, 0.5) is 0 Å². The standard InChI is InChI=1S/C42H26N4O/c1-2-11-27(12-3-1)41-42-40(32-15-4-5-18-39(32)47-42)33-24-30(19-20-34(33)46-41)28-13-10-14-29(23-28)31-25-37(35-16-6-8-21-43-35)45-38(26-31)36-17-7-9-22-44-36/h1-26H. The highest BCUT2D eigenvalue weighted by molar-refractivity contribution is 6.21. The maximum Gasteiger partial charge on any atom is 0.162 e. The van der Waals surface area contributed by atoms with Crippen LogP contribution in [0.2, 0.25) is 0 Å². The Hall–Kier alpha value is -6.46. The van der Waals surface area contributed by atoms with Crippen LogP contribution in [-0.4, -0.2) is 19.9 Å². The van der Waals surface area contributed by atoms with Crippen molar-refractivity contribution in [2.24, 2.45) is 0 Å². The Morgan fingerprint density at radius 3 is 1.77 bits per heavy atom. The molecule has 0 radical (unpaired) electrons. The summed E-state index contributed by atoms with van der Waals surface area (Å²) >= 11 is 0. The molecule has 9 aromatic rings. The number of rotatable bonds is 5. The van der Waals surface area contributed by atoms with Gasteiger partial charge in [-0.2, -0.15) is 0 Å². The molecule has 5 heterocycles. The van der Waals surface area contributed by atoms with E-state index in [-0.39, 0.29) is 0 Å². The minimum absolute atomic E-state index is 0.800. The van der Waals surface area contributed by atoms with Crippen molar-refractivity contribution in [3.63, 3.8) is 0 Å². The smallest absolute Gasteiger partial charge is 0.162 e. The monoisotopic (exact) mass is 602 g/mol. The van der Waals surface area contributed by atoms with E-state index in [1.54, 1.807) is 12.4 Å². The molecule has 0 spiro atoms. The first-order valence-corrected chi connectivity index (χ1v) is 15.5. The van der Waals surface area contributed by atoms with Gasteiger partial charge in [0.15, 0.2) is 5.58 Å². The highest BCUT2D eigenvalue weighted by Gasteiger charge is 2.18. The lowest BCUT2D eigenvalue weighted by atomic mass is 9.96. The van der Waals surface area contributed by atoms with Crippen LogP contribution in [0.1, 0.15) is 0 Å². The van der Waals surface area contributed by atoms with Crippen LogP contribution in [0.15, 0.2) is 162 Å². The molecule has 0 aliphatic rings. The van der Waals surface area contributed by atoms with Gasteiger partial charge in [-0.05, 0) is 82.9 Å². The van der Waals surface area contributed by atoms with Crippen LogP contribution in [0.25, 0.3) is 89.1 Å². The van der Waals surface area contributed by atoms with E-state index in [0.717, 1.165) is 89.1 Å². The van der Waals surface area contributed by atoms with Crippen molar-refractivity contribution in [3.8, 4) is 56.3 Å². The number of furan rings is 1. The van der Waals surface area contributed by atoms with Gasteiger partial charge in [-0.25, -0.2) is 9.97 Å². The number of benzene rings is 4. The minimum Gasteiger partial charge on any atom is -0.454 e. The molecule has 5 nitrogen and oxygen atoms in total. The number of nitrogens with zero attached hydrogens (tertiary/aromatic N) is 4. The Morgan fingerprint density at radius 2 is 1.04 bits per heavy atom. The van der Waals surface area contributed by atoms with Gasteiger partial charge < -0.3 is 4.42 Å². The lowest BCUT2D eigenvalue weighted by molar-refractivity contribution is 0.669. The first-order chi connectivity index (χ1) is 23.3. The quantitative estimate of drug-likeness (QED) is 0.196. The summed E-state index contributed by atoms with van der Waals surface area (Å²) in [5.41, 5.74) is 12.0. The number of pyridine rings is 4. The van der Waals surface area contributed by atoms with E-state index in [9.17, 15) is 0 Å². The molecule has 4 aromatic carbocycles. The summed E-state index contributed by atoms with van der Waals surface area (Å²) in [5.74, 6) is 0. The van der Waals surface area contributed by atoms with E-state index in [1.807, 2.05) is 66.7 Å². The molecule has 0 aliphatic heterocycles. The second kappa shape index (κ2) is 11.2. The number of para-hydroxylation sites is 1. The van der Waals surface area contributed by atoms with Gasteiger partial charge in [-0.1, -0.05) is 84.9 Å². The van der Waals surface area contributed by atoms with Crippen molar-refractivity contribution in [2.45, 2.75) is 0 Å². The van der Waals surface area contributed by atoms with Crippen molar-refractivity contribution >= 4 is 32.8 Å². The van der Waals surface area contributed by atoms with Crippen LogP contribution in [0.3, 0.4) is 0 Å². The topological polar surface area (TPSA) is 64.7 Å². The summed E-state index contributed by atoms with van der Waals surface area (Å²) in [5, 5.41) is 3.22. The summed E-state index contributed by atoms with van der Waals surface area (Å²) < 4.78 is 6.49. The molecule has 0 saturated carbocycles. The molecule has 0 aliphatic carbocycles. The molecule has 5 heteroatoms.